The van der Waals surface area contributed by atoms with Crippen molar-refractivity contribution < 1.29 is 14.0 Å². The first kappa shape index (κ1) is 15.2. The summed E-state index contributed by atoms with van der Waals surface area (Å²) >= 11 is 0. The van der Waals surface area contributed by atoms with Gasteiger partial charge in [0.25, 0.3) is 5.91 Å². The van der Waals surface area contributed by atoms with Crippen LogP contribution in [0.3, 0.4) is 0 Å². The smallest absolute Gasteiger partial charge is 0.251 e. The minimum absolute atomic E-state index is 0.0756. The third kappa shape index (κ3) is 3.39. The lowest BCUT2D eigenvalue weighted by atomic mass is 10.1. The SMILES string of the molecule is CNC(=O)c1cccc(NC(=O)[C@@H]2C[C@@H]2c2ccc(F)cc2)c1. The summed E-state index contributed by atoms with van der Waals surface area (Å²) in [4.78, 5) is 23.9. The zero-order chi connectivity index (χ0) is 16.4. The number of benzene rings is 2. The predicted molar refractivity (Wildman–Crippen MR) is 85.7 cm³/mol. The van der Waals surface area contributed by atoms with Crippen LogP contribution in [-0.4, -0.2) is 18.9 Å². The Morgan fingerprint density at radius 1 is 1.13 bits per heavy atom. The Balaban J connectivity index is 1.64. The molecule has 0 radical (unpaired) electrons. The number of rotatable bonds is 4. The molecule has 0 aliphatic heterocycles. The molecule has 2 aromatic carbocycles. The van der Waals surface area contributed by atoms with E-state index in [1.165, 1.54) is 12.1 Å². The number of hydrogen-bond donors (Lipinski definition) is 2. The molecule has 2 amide bonds. The molecule has 1 aliphatic rings. The Labute approximate surface area is 133 Å². The zero-order valence-electron chi connectivity index (χ0n) is 12.7. The molecule has 0 spiro atoms. The van der Waals surface area contributed by atoms with E-state index in [0.717, 1.165) is 12.0 Å². The highest BCUT2D eigenvalue weighted by atomic mass is 19.1. The normalized spacial score (nSPS) is 19.0. The molecule has 0 unspecified atom stereocenters. The van der Waals surface area contributed by atoms with Crippen LogP contribution in [0.25, 0.3) is 0 Å². The van der Waals surface area contributed by atoms with Crippen LogP contribution in [0.15, 0.2) is 48.5 Å². The summed E-state index contributed by atoms with van der Waals surface area (Å²) in [6, 6.07) is 13.1. The Kier molecular flexibility index (Phi) is 4.10. The molecule has 1 aliphatic carbocycles. The summed E-state index contributed by atoms with van der Waals surface area (Å²) in [7, 11) is 1.56. The molecule has 0 bridgehead atoms. The van der Waals surface area contributed by atoms with Crippen molar-refractivity contribution in [3.05, 3.63) is 65.5 Å². The summed E-state index contributed by atoms with van der Waals surface area (Å²) in [6.07, 6.45) is 0.757. The van der Waals surface area contributed by atoms with Gasteiger partial charge in [0, 0.05) is 24.2 Å². The van der Waals surface area contributed by atoms with E-state index in [-0.39, 0.29) is 29.5 Å². The van der Waals surface area contributed by atoms with E-state index in [2.05, 4.69) is 10.6 Å². The van der Waals surface area contributed by atoms with Crippen LogP contribution >= 0.6 is 0 Å². The summed E-state index contributed by atoms with van der Waals surface area (Å²) in [5, 5.41) is 5.39. The molecule has 0 saturated heterocycles. The molecule has 5 heteroatoms. The van der Waals surface area contributed by atoms with Crippen molar-refractivity contribution in [2.24, 2.45) is 5.92 Å². The van der Waals surface area contributed by atoms with Crippen molar-refractivity contribution in [2.75, 3.05) is 12.4 Å². The van der Waals surface area contributed by atoms with E-state index in [4.69, 9.17) is 0 Å². The lowest BCUT2D eigenvalue weighted by Crippen LogP contribution is -2.19. The molecule has 23 heavy (non-hydrogen) atoms. The van der Waals surface area contributed by atoms with E-state index < -0.39 is 0 Å². The van der Waals surface area contributed by atoms with Crippen molar-refractivity contribution in [1.82, 2.24) is 5.32 Å². The van der Waals surface area contributed by atoms with Gasteiger partial charge in [0.05, 0.1) is 0 Å². The average Bonchev–Trinajstić information content (AvgIpc) is 3.36. The average molecular weight is 312 g/mol. The van der Waals surface area contributed by atoms with Crippen LogP contribution in [-0.2, 0) is 4.79 Å². The molecule has 2 N–H and O–H groups in total. The van der Waals surface area contributed by atoms with Crippen LogP contribution < -0.4 is 10.6 Å². The maximum atomic E-state index is 12.9. The molecule has 0 aromatic heterocycles. The number of amides is 2. The first-order valence-electron chi connectivity index (χ1n) is 7.47. The number of anilines is 1. The molecule has 0 heterocycles. The quantitative estimate of drug-likeness (QED) is 0.912. The second-order valence-electron chi connectivity index (χ2n) is 5.65. The third-order valence-electron chi connectivity index (χ3n) is 4.04. The summed E-state index contributed by atoms with van der Waals surface area (Å²) in [6.45, 7) is 0. The highest BCUT2D eigenvalue weighted by molar-refractivity contribution is 5.98. The van der Waals surface area contributed by atoms with Gasteiger partial charge in [-0.3, -0.25) is 9.59 Å². The Bertz CT molecular complexity index is 743. The molecule has 2 atom stereocenters. The van der Waals surface area contributed by atoms with Gasteiger partial charge in [-0.25, -0.2) is 4.39 Å². The maximum absolute atomic E-state index is 12.9. The second kappa shape index (κ2) is 6.20. The zero-order valence-corrected chi connectivity index (χ0v) is 12.7. The van der Waals surface area contributed by atoms with Gasteiger partial charge in [-0.2, -0.15) is 0 Å². The third-order valence-corrected chi connectivity index (χ3v) is 4.04. The van der Waals surface area contributed by atoms with Gasteiger partial charge in [-0.1, -0.05) is 18.2 Å². The fourth-order valence-electron chi connectivity index (χ4n) is 2.68. The highest BCUT2D eigenvalue weighted by Gasteiger charge is 2.43. The highest BCUT2D eigenvalue weighted by Crippen LogP contribution is 2.47. The Hall–Kier alpha value is -2.69. The second-order valence-corrected chi connectivity index (χ2v) is 5.65. The molecule has 2 aromatic rings. The van der Waals surface area contributed by atoms with E-state index in [1.54, 1.807) is 43.4 Å². The van der Waals surface area contributed by atoms with Crippen LogP contribution in [0.4, 0.5) is 10.1 Å². The Morgan fingerprint density at radius 2 is 1.87 bits per heavy atom. The molecule has 4 nitrogen and oxygen atoms in total. The Morgan fingerprint density at radius 3 is 2.57 bits per heavy atom. The van der Waals surface area contributed by atoms with Crippen LogP contribution in [0.1, 0.15) is 28.3 Å². The maximum Gasteiger partial charge on any atom is 0.251 e. The fraction of sp³-hybridized carbons (Fsp3) is 0.222. The molecular weight excluding hydrogens is 295 g/mol. The monoisotopic (exact) mass is 312 g/mol. The molecular formula is C18H17FN2O2. The number of carbonyl (C=O) groups excluding carboxylic acids is 2. The predicted octanol–water partition coefficient (Wildman–Crippen LogP) is 2.93. The first-order valence-corrected chi connectivity index (χ1v) is 7.47. The number of hydrogen-bond acceptors (Lipinski definition) is 2. The van der Waals surface area contributed by atoms with Crippen molar-refractivity contribution in [1.29, 1.82) is 0 Å². The topological polar surface area (TPSA) is 58.2 Å². The number of nitrogens with one attached hydrogen (secondary N) is 2. The number of carbonyl (C=O) groups is 2. The van der Waals surface area contributed by atoms with Gasteiger partial charge in [0.1, 0.15) is 5.82 Å². The lowest BCUT2D eigenvalue weighted by molar-refractivity contribution is -0.117. The standard InChI is InChI=1S/C18H17FN2O2/c1-20-17(22)12-3-2-4-14(9-12)21-18(23)16-10-15(16)11-5-7-13(19)8-6-11/h2-9,15-16H,10H2,1H3,(H,20,22)(H,21,23)/t15-,16-/m1/s1. The molecule has 118 valence electrons. The van der Waals surface area contributed by atoms with Crippen molar-refractivity contribution >= 4 is 17.5 Å². The van der Waals surface area contributed by atoms with E-state index in [0.29, 0.717) is 11.3 Å². The van der Waals surface area contributed by atoms with Gasteiger partial charge in [-0.05, 0) is 48.2 Å². The lowest BCUT2D eigenvalue weighted by Gasteiger charge is -2.07. The van der Waals surface area contributed by atoms with Crippen molar-refractivity contribution in [2.45, 2.75) is 12.3 Å². The minimum Gasteiger partial charge on any atom is -0.355 e. The van der Waals surface area contributed by atoms with Gasteiger partial charge in [-0.15, -0.1) is 0 Å². The number of halogens is 1. The van der Waals surface area contributed by atoms with Gasteiger partial charge in [0.15, 0.2) is 0 Å². The molecule has 1 saturated carbocycles. The van der Waals surface area contributed by atoms with Crippen LogP contribution in [0.5, 0.6) is 0 Å². The van der Waals surface area contributed by atoms with Crippen molar-refractivity contribution in [3.8, 4) is 0 Å². The first-order chi connectivity index (χ1) is 11.1. The fourth-order valence-corrected chi connectivity index (χ4v) is 2.68. The summed E-state index contributed by atoms with van der Waals surface area (Å²) in [5.74, 6) is -0.520. The minimum atomic E-state index is -0.276. The van der Waals surface area contributed by atoms with Crippen molar-refractivity contribution in [3.63, 3.8) is 0 Å². The van der Waals surface area contributed by atoms with E-state index >= 15 is 0 Å². The largest absolute Gasteiger partial charge is 0.355 e. The molecule has 1 fully saturated rings. The summed E-state index contributed by atoms with van der Waals surface area (Å²) in [5.41, 5.74) is 2.07. The van der Waals surface area contributed by atoms with E-state index in [9.17, 15) is 14.0 Å². The summed E-state index contributed by atoms with van der Waals surface area (Å²) < 4.78 is 12.9. The van der Waals surface area contributed by atoms with E-state index in [1.807, 2.05) is 0 Å². The van der Waals surface area contributed by atoms with Gasteiger partial charge in [0.2, 0.25) is 5.91 Å². The molecule has 3 rings (SSSR count). The van der Waals surface area contributed by atoms with Crippen LogP contribution in [0.2, 0.25) is 0 Å². The van der Waals surface area contributed by atoms with Gasteiger partial charge < -0.3 is 10.6 Å². The van der Waals surface area contributed by atoms with Gasteiger partial charge >= 0.3 is 0 Å². The van der Waals surface area contributed by atoms with Crippen LogP contribution in [0, 0.1) is 11.7 Å².